The molecule has 0 bridgehead atoms. The van der Waals surface area contributed by atoms with Crippen LogP contribution in [0.25, 0.3) is 22.4 Å². The molecule has 2 aromatic heterocycles. The number of rotatable bonds is 11. The van der Waals surface area contributed by atoms with Crippen LogP contribution in [0.1, 0.15) is 54.9 Å². The number of aromatic nitrogens is 3. The van der Waals surface area contributed by atoms with Crippen molar-refractivity contribution in [3.63, 3.8) is 0 Å². The number of aryl methyl sites for hydroxylation is 1. The maximum absolute atomic E-state index is 12.5. The van der Waals surface area contributed by atoms with E-state index in [-0.39, 0.29) is 11.5 Å². The Hall–Kier alpha value is -4.13. The molecular weight excluding hydrogens is 452 g/mol. The van der Waals surface area contributed by atoms with Gasteiger partial charge in [-0.15, -0.1) is 0 Å². The summed E-state index contributed by atoms with van der Waals surface area (Å²) in [7, 11) is 0. The Balaban J connectivity index is 1.28. The largest absolute Gasteiger partial charge is 0.478 e. The molecule has 0 aliphatic heterocycles. The Morgan fingerprint density at radius 3 is 2.56 bits per heavy atom. The number of carbonyl (C=O) groups is 2. The maximum Gasteiger partial charge on any atom is 0.335 e. The van der Waals surface area contributed by atoms with E-state index in [1.807, 2.05) is 6.07 Å². The summed E-state index contributed by atoms with van der Waals surface area (Å²) in [5.74, 6) is -0.0744. The zero-order valence-electron chi connectivity index (χ0n) is 20.4. The second-order valence-corrected chi connectivity index (χ2v) is 9.10. The van der Waals surface area contributed by atoms with E-state index in [2.05, 4.69) is 51.5 Å². The van der Waals surface area contributed by atoms with Crippen LogP contribution in [0, 0.1) is 5.92 Å². The predicted octanol–water partition coefficient (Wildman–Crippen LogP) is 6.16. The minimum Gasteiger partial charge on any atom is -0.478 e. The molecule has 0 radical (unpaired) electrons. The number of nitrogens with zero attached hydrogens (tertiary/aromatic N) is 3. The number of amides is 1. The van der Waals surface area contributed by atoms with E-state index in [9.17, 15) is 14.7 Å². The highest BCUT2D eigenvalue weighted by atomic mass is 16.4. The Bertz CT molecular complexity index is 1340. The third-order valence-electron chi connectivity index (χ3n) is 6.19. The van der Waals surface area contributed by atoms with E-state index < -0.39 is 5.97 Å². The number of hydrogen-bond acceptors (Lipinski definition) is 5. The average molecular weight is 483 g/mol. The molecule has 2 N–H and O–H groups in total. The summed E-state index contributed by atoms with van der Waals surface area (Å²) in [5, 5.41) is 12.1. The first-order valence-electron chi connectivity index (χ1n) is 12.3. The fourth-order valence-corrected chi connectivity index (χ4v) is 4.18. The molecule has 36 heavy (non-hydrogen) atoms. The number of nitrogens with one attached hydrogen (secondary N) is 1. The molecule has 4 rings (SSSR count). The molecule has 2 heterocycles. The van der Waals surface area contributed by atoms with Crippen molar-refractivity contribution in [1.29, 1.82) is 0 Å². The fraction of sp³-hybridized carbons (Fsp3) is 0.276. The SMILES string of the molecule is CC(CCCC(=O)Nc1ccc2ncc(-c3cccc(C(=O)O)c3)nc2n1)CCCc1ccccc1. The van der Waals surface area contributed by atoms with E-state index in [4.69, 9.17) is 0 Å². The Morgan fingerprint density at radius 2 is 1.75 bits per heavy atom. The second-order valence-electron chi connectivity index (χ2n) is 9.10. The zero-order chi connectivity index (χ0) is 25.3. The van der Waals surface area contributed by atoms with Crippen molar-refractivity contribution in [2.75, 3.05) is 5.32 Å². The van der Waals surface area contributed by atoms with Gasteiger partial charge in [-0.3, -0.25) is 9.78 Å². The highest BCUT2D eigenvalue weighted by molar-refractivity contribution is 5.91. The van der Waals surface area contributed by atoms with Gasteiger partial charge in [0.2, 0.25) is 5.91 Å². The van der Waals surface area contributed by atoms with Crippen LogP contribution in [-0.2, 0) is 11.2 Å². The maximum atomic E-state index is 12.5. The van der Waals surface area contributed by atoms with Gasteiger partial charge in [-0.1, -0.05) is 62.2 Å². The van der Waals surface area contributed by atoms with Crippen LogP contribution >= 0.6 is 0 Å². The van der Waals surface area contributed by atoms with Crippen molar-refractivity contribution in [1.82, 2.24) is 15.0 Å². The lowest BCUT2D eigenvalue weighted by Gasteiger charge is -2.11. The van der Waals surface area contributed by atoms with Crippen LogP contribution in [0.2, 0.25) is 0 Å². The van der Waals surface area contributed by atoms with Gasteiger partial charge in [0.1, 0.15) is 11.3 Å². The lowest BCUT2D eigenvalue weighted by atomic mass is 9.96. The van der Waals surface area contributed by atoms with Crippen LogP contribution in [0.5, 0.6) is 0 Å². The van der Waals surface area contributed by atoms with Gasteiger partial charge in [-0.2, -0.15) is 0 Å². The summed E-state index contributed by atoms with van der Waals surface area (Å²) in [6.45, 7) is 2.25. The molecule has 0 saturated heterocycles. The number of pyridine rings is 1. The summed E-state index contributed by atoms with van der Waals surface area (Å²) in [6, 6.07) is 20.5. The normalized spacial score (nSPS) is 11.8. The van der Waals surface area contributed by atoms with Crippen LogP contribution in [0.4, 0.5) is 5.82 Å². The Morgan fingerprint density at radius 1 is 0.944 bits per heavy atom. The van der Waals surface area contributed by atoms with Gasteiger partial charge in [-0.25, -0.2) is 14.8 Å². The van der Waals surface area contributed by atoms with Crippen LogP contribution < -0.4 is 5.32 Å². The first-order valence-corrected chi connectivity index (χ1v) is 12.3. The third kappa shape index (κ3) is 6.95. The molecule has 0 fully saturated rings. The molecule has 0 aliphatic rings. The highest BCUT2D eigenvalue weighted by Gasteiger charge is 2.10. The molecule has 184 valence electrons. The topological polar surface area (TPSA) is 105 Å². The zero-order valence-corrected chi connectivity index (χ0v) is 20.4. The summed E-state index contributed by atoms with van der Waals surface area (Å²) >= 11 is 0. The van der Waals surface area contributed by atoms with Crippen LogP contribution in [0.3, 0.4) is 0 Å². The number of anilines is 1. The van der Waals surface area contributed by atoms with Gasteiger partial charge < -0.3 is 10.4 Å². The van der Waals surface area contributed by atoms with Crippen LogP contribution in [-0.4, -0.2) is 31.9 Å². The predicted molar refractivity (Wildman–Crippen MR) is 141 cm³/mol. The van der Waals surface area contributed by atoms with Crippen molar-refractivity contribution in [2.24, 2.45) is 5.92 Å². The monoisotopic (exact) mass is 482 g/mol. The molecule has 1 amide bonds. The van der Waals surface area contributed by atoms with Gasteiger partial charge >= 0.3 is 5.97 Å². The quantitative estimate of drug-likeness (QED) is 0.265. The Labute approximate surface area is 210 Å². The minimum absolute atomic E-state index is 0.0726. The minimum atomic E-state index is -1.00. The van der Waals surface area contributed by atoms with E-state index in [1.165, 1.54) is 11.6 Å². The Kier molecular flexibility index (Phi) is 8.34. The number of carboxylic acid groups (broad SMARTS) is 1. The molecular formula is C29H30N4O3. The standard InChI is InChI=1S/C29H30N4O3/c1-20(8-5-12-21-10-3-2-4-11-21)9-6-15-27(34)32-26-17-16-24-28(33-26)31-25(19-30-24)22-13-7-14-23(18-22)29(35)36/h2-4,7,10-11,13-14,16-20H,5-6,8-9,12,15H2,1H3,(H,35,36)(H,31,32,33,34). The second kappa shape index (κ2) is 12.0. The van der Waals surface area contributed by atoms with E-state index >= 15 is 0 Å². The van der Waals surface area contributed by atoms with Crippen molar-refractivity contribution in [2.45, 2.75) is 45.4 Å². The van der Waals surface area contributed by atoms with Gasteiger partial charge in [-0.05, 0) is 55.0 Å². The van der Waals surface area contributed by atoms with Gasteiger partial charge in [0.25, 0.3) is 0 Å². The molecule has 0 aliphatic carbocycles. The molecule has 0 spiro atoms. The van der Waals surface area contributed by atoms with E-state index in [0.29, 0.717) is 40.6 Å². The van der Waals surface area contributed by atoms with E-state index in [1.54, 1.807) is 36.5 Å². The number of aromatic carboxylic acids is 1. The first-order chi connectivity index (χ1) is 17.5. The number of benzene rings is 2. The number of carboxylic acids is 1. The van der Waals surface area contributed by atoms with Crippen LogP contribution in [0.15, 0.2) is 72.9 Å². The lowest BCUT2D eigenvalue weighted by molar-refractivity contribution is -0.116. The van der Waals surface area contributed by atoms with Crippen molar-refractivity contribution in [3.05, 3.63) is 84.1 Å². The highest BCUT2D eigenvalue weighted by Crippen LogP contribution is 2.21. The molecule has 7 heteroatoms. The average Bonchev–Trinajstić information content (AvgIpc) is 2.89. The number of carbonyl (C=O) groups excluding carboxylic acids is 1. The molecule has 2 aromatic carbocycles. The number of fused-ring (bicyclic) bond motifs is 1. The summed E-state index contributed by atoms with van der Waals surface area (Å²) in [4.78, 5) is 37.1. The van der Waals surface area contributed by atoms with Crippen molar-refractivity contribution < 1.29 is 14.7 Å². The molecule has 1 atom stereocenters. The first kappa shape index (κ1) is 25.0. The van der Waals surface area contributed by atoms with Crippen molar-refractivity contribution in [3.8, 4) is 11.3 Å². The molecule has 7 nitrogen and oxygen atoms in total. The van der Waals surface area contributed by atoms with Gasteiger partial charge in [0.15, 0.2) is 5.65 Å². The summed E-state index contributed by atoms with van der Waals surface area (Å²) < 4.78 is 0. The van der Waals surface area contributed by atoms with E-state index in [0.717, 1.165) is 32.1 Å². The number of hydrogen-bond donors (Lipinski definition) is 2. The summed E-state index contributed by atoms with van der Waals surface area (Å²) in [6.07, 6.45) is 7.27. The molecule has 0 saturated carbocycles. The fourth-order valence-electron chi connectivity index (χ4n) is 4.18. The van der Waals surface area contributed by atoms with Gasteiger partial charge in [0, 0.05) is 12.0 Å². The smallest absolute Gasteiger partial charge is 0.335 e. The molecule has 4 aromatic rings. The third-order valence-corrected chi connectivity index (χ3v) is 6.19. The van der Waals surface area contributed by atoms with Crippen molar-refractivity contribution >= 4 is 28.9 Å². The van der Waals surface area contributed by atoms with Gasteiger partial charge in [0.05, 0.1) is 17.5 Å². The molecule has 1 unspecified atom stereocenters. The lowest BCUT2D eigenvalue weighted by Crippen LogP contribution is -2.13. The summed E-state index contributed by atoms with van der Waals surface area (Å²) in [5.41, 5.74) is 3.68.